The van der Waals surface area contributed by atoms with Gasteiger partial charge in [-0.1, -0.05) is 0 Å². The molecule has 0 aliphatic rings. The maximum absolute atomic E-state index is 10.3. The van der Waals surface area contributed by atoms with E-state index in [9.17, 15) is 5.11 Å². The lowest BCUT2D eigenvalue weighted by Gasteiger charge is -2.10. The van der Waals surface area contributed by atoms with Gasteiger partial charge in [-0.3, -0.25) is 5.32 Å². The molecule has 0 saturated heterocycles. The van der Waals surface area contributed by atoms with Crippen LogP contribution < -0.4 is 11.1 Å². The van der Waals surface area contributed by atoms with Gasteiger partial charge in [0.1, 0.15) is 16.1 Å². The fraction of sp³-hybridized carbons (Fsp3) is 0.308. The summed E-state index contributed by atoms with van der Waals surface area (Å²) in [5.41, 5.74) is 8.62. The molecule has 8 heteroatoms. The van der Waals surface area contributed by atoms with Crippen molar-refractivity contribution >= 4 is 38.6 Å². The molecule has 0 aromatic carbocycles. The maximum atomic E-state index is 10.3. The van der Waals surface area contributed by atoms with Crippen LogP contribution in [0.5, 0.6) is 0 Å². The summed E-state index contributed by atoms with van der Waals surface area (Å²) >= 11 is 2.90. The molecule has 0 bridgehead atoms. The average molecular weight is 321 g/mol. The molecular weight excluding hydrogens is 306 g/mol. The van der Waals surface area contributed by atoms with Crippen molar-refractivity contribution < 1.29 is 5.11 Å². The lowest BCUT2D eigenvalue weighted by atomic mass is 10.1. The maximum Gasteiger partial charge on any atom is 0.148 e. The number of aryl methyl sites for hydroxylation is 2. The van der Waals surface area contributed by atoms with Crippen molar-refractivity contribution in [2.24, 2.45) is 0 Å². The predicted molar refractivity (Wildman–Crippen MR) is 85.2 cm³/mol. The summed E-state index contributed by atoms with van der Waals surface area (Å²) in [6, 6.07) is 0. The topological polar surface area (TPSA) is 97.0 Å². The van der Waals surface area contributed by atoms with E-state index < -0.39 is 6.23 Å². The number of nitrogen functional groups attached to an aromatic ring is 1. The second-order valence-corrected chi connectivity index (χ2v) is 6.69. The van der Waals surface area contributed by atoms with Gasteiger partial charge in [0.25, 0.3) is 0 Å². The Hall–Kier alpha value is -1.61. The van der Waals surface area contributed by atoms with Gasteiger partial charge in [0, 0.05) is 17.0 Å². The summed E-state index contributed by atoms with van der Waals surface area (Å²) in [5.74, 6) is 0. The minimum absolute atomic E-state index is 0.496. The van der Waals surface area contributed by atoms with Crippen molar-refractivity contribution in [1.29, 1.82) is 0 Å². The van der Waals surface area contributed by atoms with Gasteiger partial charge in [-0.05, 0) is 19.4 Å². The summed E-state index contributed by atoms with van der Waals surface area (Å²) in [4.78, 5) is 5.59. The van der Waals surface area contributed by atoms with E-state index >= 15 is 0 Å². The van der Waals surface area contributed by atoms with Crippen LogP contribution in [0.2, 0.25) is 0 Å². The zero-order valence-corrected chi connectivity index (χ0v) is 13.3. The lowest BCUT2D eigenvalue weighted by Crippen LogP contribution is -2.20. The Kier molecular flexibility index (Phi) is 3.85. The molecule has 3 aromatic rings. The molecule has 0 saturated carbocycles. The Balaban J connectivity index is 1.89. The van der Waals surface area contributed by atoms with E-state index in [4.69, 9.17) is 5.73 Å². The average Bonchev–Trinajstić information content (AvgIpc) is 3.09. The molecule has 0 spiro atoms. The molecule has 1 unspecified atom stereocenters. The minimum atomic E-state index is -0.840. The summed E-state index contributed by atoms with van der Waals surface area (Å²) in [7, 11) is 0. The minimum Gasteiger partial charge on any atom is -0.397 e. The first-order chi connectivity index (χ1) is 10.1. The van der Waals surface area contributed by atoms with Gasteiger partial charge in [0.15, 0.2) is 0 Å². The van der Waals surface area contributed by atoms with Crippen molar-refractivity contribution in [2.75, 3.05) is 5.73 Å². The first-order valence-corrected chi connectivity index (χ1v) is 8.09. The van der Waals surface area contributed by atoms with Gasteiger partial charge < -0.3 is 10.8 Å². The molecule has 0 amide bonds. The number of hydrogen-bond acceptors (Lipinski definition) is 8. The molecule has 3 aromatic heterocycles. The number of aliphatic hydroxyl groups is 1. The summed E-state index contributed by atoms with van der Waals surface area (Å²) < 4.78 is 0. The standard InChI is InChI=1S/C13H15N5OS2/c1-6-7(2)17-18-13-9(6)10(14)11(21-13)12(19)16-5-8-15-3-4-20-8/h3-4,12,16,19H,5,14H2,1-2H3. The van der Waals surface area contributed by atoms with Crippen molar-refractivity contribution in [2.45, 2.75) is 26.6 Å². The number of thiazole rings is 1. The normalized spacial score (nSPS) is 12.9. The molecule has 6 nitrogen and oxygen atoms in total. The van der Waals surface area contributed by atoms with E-state index in [1.807, 2.05) is 19.2 Å². The van der Waals surface area contributed by atoms with Crippen LogP contribution in [0.3, 0.4) is 0 Å². The van der Waals surface area contributed by atoms with Crippen LogP contribution in [-0.2, 0) is 6.54 Å². The third-order valence-corrected chi connectivity index (χ3v) is 5.26. The van der Waals surface area contributed by atoms with Gasteiger partial charge in [0.05, 0.1) is 22.8 Å². The second-order valence-electron chi connectivity index (χ2n) is 4.68. The van der Waals surface area contributed by atoms with Crippen LogP contribution in [0.1, 0.15) is 27.4 Å². The summed E-state index contributed by atoms with van der Waals surface area (Å²) in [5, 5.41) is 25.3. The fourth-order valence-electron chi connectivity index (χ4n) is 2.08. The SMILES string of the molecule is Cc1nnc2sc(C(O)NCc3nccs3)c(N)c2c1C. The fourth-order valence-corrected chi connectivity index (χ4v) is 3.71. The molecule has 110 valence electrons. The smallest absolute Gasteiger partial charge is 0.148 e. The third kappa shape index (κ3) is 2.62. The van der Waals surface area contributed by atoms with Crippen LogP contribution in [0, 0.1) is 13.8 Å². The van der Waals surface area contributed by atoms with E-state index in [0.29, 0.717) is 17.1 Å². The van der Waals surface area contributed by atoms with Crippen LogP contribution in [0.4, 0.5) is 5.69 Å². The van der Waals surface area contributed by atoms with Gasteiger partial charge in [-0.15, -0.1) is 27.8 Å². The Morgan fingerprint density at radius 1 is 1.38 bits per heavy atom. The molecular formula is C13H15N5OS2. The molecule has 21 heavy (non-hydrogen) atoms. The largest absolute Gasteiger partial charge is 0.397 e. The quantitative estimate of drug-likeness (QED) is 0.637. The van der Waals surface area contributed by atoms with Crippen molar-refractivity contribution in [3.8, 4) is 0 Å². The van der Waals surface area contributed by atoms with Gasteiger partial charge in [-0.2, -0.15) is 5.10 Å². The van der Waals surface area contributed by atoms with E-state index in [2.05, 4.69) is 20.5 Å². The monoisotopic (exact) mass is 321 g/mol. The molecule has 3 heterocycles. The van der Waals surface area contributed by atoms with Gasteiger partial charge >= 0.3 is 0 Å². The molecule has 4 N–H and O–H groups in total. The van der Waals surface area contributed by atoms with E-state index in [0.717, 1.165) is 26.5 Å². The third-order valence-electron chi connectivity index (χ3n) is 3.34. The number of nitrogens with two attached hydrogens (primary N) is 1. The first-order valence-electron chi connectivity index (χ1n) is 6.39. The van der Waals surface area contributed by atoms with E-state index in [1.54, 1.807) is 6.20 Å². The predicted octanol–water partition coefficient (Wildman–Crippen LogP) is 2.13. The number of fused-ring (bicyclic) bond motifs is 1. The molecule has 0 radical (unpaired) electrons. The number of nitrogens with one attached hydrogen (secondary N) is 1. The van der Waals surface area contributed by atoms with Crippen molar-refractivity contribution in [1.82, 2.24) is 20.5 Å². The number of aliphatic hydroxyl groups excluding tert-OH is 1. The number of nitrogens with zero attached hydrogens (tertiary/aromatic N) is 3. The van der Waals surface area contributed by atoms with Crippen LogP contribution in [0.15, 0.2) is 11.6 Å². The van der Waals surface area contributed by atoms with Gasteiger partial charge in [0.2, 0.25) is 0 Å². The Morgan fingerprint density at radius 2 is 2.19 bits per heavy atom. The zero-order valence-electron chi connectivity index (χ0n) is 11.6. The lowest BCUT2D eigenvalue weighted by molar-refractivity contribution is 0.141. The number of anilines is 1. The second kappa shape index (κ2) is 5.64. The van der Waals surface area contributed by atoms with Crippen LogP contribution >= 0.6 is 22.7 Å². The van der Waals surface area contributed by atoms with Crippen molar-refractivity contribution in [3.05, 3.63) is 32.7 Å². The highest BCUT2D eigenvalue weighted by Gasteiger charge is 2.20. The highest BCUT2D eigenvalue weighted by molar-refractivity contribution is 7.19. The highest BCUT2D eigenvalue weighted by atomic mass is 32.1. The molecule has 0 aliphatic carbocycles. The Labute approximate surface area is 129 Å². The van der Waals surface area contributed by atoms with E-state index in [-0.39, 0.29) is 0 Å². The zero-order chi connectivity index (χ0) is 15.0. The van der Waals surface area contributed by atoms with Crippen molar-refractivity contribution in [3.63, 3.8) is 0 Å². The summed E-state index contributed by atoms with van der Waals surface area (Å²) in [6.07, 6.45) is 0.900. The van der Waals surface area contributed by atoms with Crippen LogP contribution in [0.25, 0.3) is 10.2 Å². The Morgan fingerprint density at radius 3 is 2.90 bits per heavy atom. The molecule has 1 atom stereocenters. The molecule has 3 rings (SSSR count). The number of hydrogen-bond donors (Lipinski definition) is 3. The summed E-state index contributed by atoms with van der Waals surface area (Å²) in [6.45, 7) is 4.36. The van der Waals surface area contributed by atoms with Crippen LogP contribution in [-0.4, -0.2) is 20.3 Å². The molecule has 0 aliphatic heterocycles. The van der Waals surface area contributed by atoms with Gasteiger partial charge in [-0.25, -0.2) is 4.98 Å². The number of aromatic nitrogens is 3. The van der Waals surface area contributed by atoms with E-state index in [1.165, 1.54) is 22.7 Å². The molecule has 0 fully saturated rings. The highest BCUT2D eigenvalue weighted by Crippen LogP contribution is 2.37. The number of rotatable bonds is 4. The first kappa shape index (κ1) is 14.3. The number of thiophene rings is 1. The Bertz CT molecular complexity index is 769.